The van der Waals surface area contributed by atoms with Crippen molar-refractivity contribution in [3.63, 3.8) is 0 Å². The Kier molecular flexibility index (Phi) is 4.42. The van der Waals surface area contributed by atoms with Crippen LogP contribution in [0.15, 0.2) is 55.1 Å². The molecular weight excluding hydrogens is 342 g/mol. The normalized spacial score (nSPS) is 15.1. The van der Waals surface area contributed by atoms with Gasteiger partial charge in [-0.05, 0) is 17.7 Å². The molecule has 1 aromatic carbocycles. The zero-order valence-electron chi connectivity index (χ0n) is 14.9. The standard InChI is InChI=1S/C20H19N5O2/c1-25(12-17-7-13-4-2-3-5-18(13)27-17)19(26)15-6-14(8-22-9-15)16-10-23-20(21)24-11-16/h2-6,8-11,17H,7,12H2,1H3,(H2,21,23,24). The van der Waals surface area contributed by atoms with Crippen LogP contribution in [0.1, 0.15) is 15.9 Å². The highest BCUT2D eigenvalue weighted by Gasteiger charge is 2.25. The monoisotopic (exact) mass is 361 g/mol. The number of hydrogen-bond acceptors (Lipinski definition) is 6. The number of carbonyl (C=O) groups excluding carboxylic acids is 1. The molecule has 0 radical (unpaired) electrons. The van der Waals surface area contributed by atoms with Crippen LogP contribution in [-0.2, 0) is 6.42 Å². The van der Waals surface area contributed by atoms with Gasteiger partial charge in [0.1, 0.15) is 11.9 Å². The van der Waals surface area contributed by atoms with Crippen LogP contribution >= 0.6 is 0 Å². The Morgan fingerprint density at radius 2 is 1.96 bits per heavy atom. The lowest BCUT2D eigenvalue weighted by Gasteiger charge is -2.21. The number of hydrogen-bond donors (Lipinski definition) is 1. The third-order valence-corrected chi connectivity index (χ3v) is 4.53. The molecule has 1 atom stereocenters. The number of pyridine rings is 1. The second kappa shape index (κ2) is 7.03. The van der Waals surface area contributed by atoms with Gasteiger partial charge in [-0.2, -0.15) is 0 Å². The highest BCUT2D eigenvalue weighted by Crippen LogP contribution is 2.28. The lowest BCUT2D eigenvalue weighted by atomic mass is 10.1. The molecular formula is C20H19N5O2. The quantitative estimate of drug-likeness (QED) is 0.765. The van der Waals surface area contributed by atoms with Crippen molar-refractivity contribution in [3.05, 3.63) is 66.2 Å². The van der Waals surface area contributed by atoms with Crippen molar-refractivity contribution in [2.24, 2.45) is 0 Å². The van der Waals surface area contributed by atoms with Crippen LogP contribution in [0.4, 0.5) is 5.95 Å². The first-order valence-corrected chi connectivity index (χ1v) is 8.63. The van der Waals surface area contributed by atoms with Gasteiger partial charge < -0.3 is 15.4 Å². The number of ether oxygens (including phenoxy) is 1. The summed E-state index contributed by atoms with van der Waals surface area (Å²) in [6.07, 6.45) is 7.21. The molecule has 0 saturated heterocycles. The number of fused-ring (bicyclic) bond motifs is 1. The fourth-order valence-corrected chi connectivity index (χ4v) is 3.17. The Balaban J connectivity index is 1.46. The van der Waals surface area contributed by atoms with E-state index in [4.69, 9.17) is 10.5 Å². The molecule has 3 aromatic rings. The van der Waals surface area contributed by atoms with E-state index in [1.165, 1.54) is 5.56 Å². The number of carbonyl (C=O) groups is 1. The van der Waals surface area contributed by atoms with Crippen molar-refractivity contribution in [1.82, 2.24) is 19.9 Å². The molecule has 0 saturated carbocycles. The summed E-state index contributed by atoms with van der Waals surface area (Å²) in [6.45, 7) is 0.503. The molecule has 0 bridgehead atoms. The summed E-state index contributed by atoms with van der Waals surface area (Å²) in [5, 5.41) is 0. The summed E-state index contributed by atoms with van der Waals surface area (Å²) in [5.74, 6) is 0.992. The van der Waals surface area contributed by atoms with Crippen molar-refractivity contribution in [1.29, 1.82) is 0 Å². The minimum atomic E-state index is -0.111. The van der Waals surface area contributed by atoms with E-state index in [2.05, 4.69) is 21.0 Å². The molecule has 7 heteroatoms. The van der Waals surface area contributed by atoms with E-state index < -0.39 is 0 Å². The summed E-state index contributed by atoms with van der Waals surface area (Å²) in [5.41, 5.74) is 8.72. The highest BCUT2D eigenvalue weighted by molar-refractivity contribution is 5.94. The van der Waals surface area contributed by atoms with Gasteiger partial charge in [0, 0.05) is 49.4 Å². The average molecular weight is 361 g/mol. The van der Waals surface area contributed by atoms with Crippen LogP contribution in [0, 0.1) is 0 Å². The van der Waals surface area contributed by atoms with Crippen LogP contribution in [0.3, 0.4) is 0 Å². The van der Waals surface area contributed by atoms with Gasteiger partial charge in [-0.3, -0.25) is 9.78 Å². The number of rotatable bonds is 4. The first-order chi connectivity index (χ1) is 13.1. The fourth-order valence-electron chi connectivity index (χ4n) is 3.17. The average Bonchev–Trinajstić information content (AvgIpc) is 3.10. The van der Waals surface area contributed by atoms with E-state index in [1.807, 2.05) is 18.2 Å². The summed E-state index contributed by atoms with van der Waals surface area (Å²) in [7, 11) is 1.77. The minimum Gasteiger partial charge on any atom is -0.488 e. The van der Waals surface area contributed by atoms with Crippen molar-refractivity contribution in [2.45, 2.75) is 12.5 Å². The summed E-state index contributed by atoms with van der Waals surface area (Å²) >= 11 is 0. The zero-order chi connectivity index (χ0) is 18.8. The lowest BCUT2D eigenvalue weighted by Crippen LogP contribution is -2.36. The minimum absolute atomic E-state index is 0.0435. The Morgan fingerprint density at radius 1 is 1.19 bits per heavy atom. The molecule has 4 rings (SSSR count). The maximum Gasteiger partial charge on any atom is 0.255 e. The van der Waals surface area contributed by atoms with Crippen molar-refractivity contribution >= 4 is 11.9 Å². The van der Waals surface area contributed by atoms with E-state index in [-0.39, 0.29) is 18.0 Å². The smallest absolute Gasteiger partial charge is 0.255 e. The summed E-state index contributed by atoms with van der Waals surface area (Å²) in [4.78, 5) is 26.6. The van der Waals surface area contributed by atoms with Gasteiger partial charge in [0.15, 0.2) is 0 Å². The van der Waals surface area contributed by atoms with Crippen molar-refractivity contribution in [2.75, 3.05) is 19.3 Å². The Morgan fingerprint density at radius 3 is 2.74 bits per heavy atom. The topological polar surface area (TPSA) is 94.2 Å². The first kappa shape index (κ1) is 17.0. The predicted octanol–water partition coefficient (Wildman–Crippen LogP) is 2.20. The van der Waals surface area contributed by atoms with Gasteiger partial charge in [0.2, 0.25) is 5.95 Å². The van der Waals surface area contributed by atoms with Crippen LogP contribution < -0.4 is 10.5 Å². The Labute approximate surface area is 156 Å². The summed E-state index contributed by atoms with van der Waals surface area (Å²) in [6, 6.07) is 9.75. The van der Waals surface area contributed by atoms with E-state index in [9.17, 15) is 4.79 Å². The maximum absolute atomic E-state index is 12.8. The number of anilines is 1. The lowest BCUT2D eigenvalue weighted by molar-refractivity contribution is 0.0730. The SMILES string of the molecule is CN(CC1Cc2ccccc2O1)C(=O)c1cncc(-c2cnc(N)nc2)c1. The number of para-hydroxylation sites is 1. The molecule has 0 aliphatic carbocycles. The number of nitrogens with two attached hydrogens (primary N) is 1. The Bertz CT molecular complexity index is 949. The third kappa shape index (κ3) is 3.57. The number of amides is 1. The van der Waals surface area contributed by atoms with Crippen LogP contribution in [0.25, 0.3) is 11.1 Å². The summed E-state index contributed by atoms with van der Waals surface area (Å²) < 4.78 is 5.93. The molecule has 7 nitrogen and oxygen atoms in total. The molecule has 27 heavy (non-hydrogen) atoms. The number of nitrogens with zero attached hydrogens (tertiary/aromatic N) is 4. The number of nitrogen functional groups attached to an aromatic ring is 1. The number of aromatic nitrogens is 3. The first-order valence-electron chi connectivity index (χ1n) is 8.63. The molecule has 3 heterocycles. The Hall–Kier alpha value is -3.48. The van der Waals surface area contributed by atoms with Gasteiger partial charge >= 0.3 is 0 Å². The van der Waals surface area contributed by atoms with Crippen LogP contribution in [0.2, 0.25) is 0 Å². The predicted molar refractivity (Wildman–Crippen MR) is 101 cm³/mol. The molecule has 136 valence electrons. The zero-order valence-corrected chi connectivity index (χ0v) is 14.9. The molecule has 1 aliphatic rings. The fraction of sp³-hybridized carbons (Fsp3) is 0.200. The molecule has 1 amide bonds. The molecule has 1 unspecified atom stereocenters. The number of likely N-dealkylation sites (N-methyl/N-ethyl adjacent to an activating group) is 1. The second-order valence-electron chi connectivity index (χ2n) is 6.53. The van der Waals surface area contributed by atoms with Gasteiger partial charge in [-0.15, -0.1) is 0 Å². The molecule has 0 fully saturated rings. The molecule has 2 N–H and O–H groups in total. The molecule has 0 spiro atoms. The highest BCUT2D eigenvalue weighted by atomic mass is 16.5. The molecule has 1 aliphatic heterocycles. The maximum atomic E-state index is 12.8. The van der Waals surface area contributed by atoms with Crippen molar-refractivity contribution < 1.29 is 9.53 Å². The van der Waals surface area contributed by atoms with Gasteiger partial charge in [-0.25, -0.2) is 9.97 Å². The van der Waals surface area contributed by atoms with Gasteiger partial charge in [0.25, 0.3) is 5.91 Å². The van der Waals surface area contributed by atoms with Crippen LogP contribution in [-0.4, -0.2) is 45.5 Å². The van der Waals surface area contributed by atoms with Crippen molar-refractivity contribution in [3.8, 4) is 16.9 Å². The second-order valence-corrected chi connectivity index (χ2v) is 6.53. The van der Waals surface area contributed by atoms with E-state index >= 15 is 0 Å². The van der Waals surface area contributed by atoms with Gasteiger partial charge in [0.05, 0.1) is 12.1 Å². The third-order valence-electron chi connectivity index (χ3n) is 4.53. The van der Waals surface area contributed by atoms with E-state index in [0.717, 1.165) is 23.3 Å². The van der Waals surface area contributed by atoms with E-state index in [0.29, 0.717) is 12.1 Å². The largest absolute Gasteiger partial charge is 0.488 e. The van der Waals surface area contributed by atoms with Crippen LogP contribution in [0.5, 0.6) is 5.75 Å². The van der Waals surface area contributed by atoms with Gasteiger partial charge in [-0.1, -0.05) is 18.2 Å². The number of benzene rings is 1. The molecule has 2 aromatic heterocycles. The van der Waals surface area contributed by atoms with E-state index in [1.54, 1.807) is 42.8 Å².